The zero-order chi connectivity index (χ0) is 20.0. The number of anilines is 1. The van der Waals surface area contributed by atoms with Crippen LogP contribution in [0, 0.1) is 0 Å². The molecule has 146 valence electrons. The van der Waals surface area contributed by atoms with Crippen LogP contribution < -0.4 is 14.4 Å². The molecule has 2 aromatic rings. The summed E-state index contributed by atoms with van der Waals surface area (Å²) >= 11 is 12.0. The number of hydrogen-bond acceptors (Lipinski definition) is 4. The summed E-state index contributed by atoms with van der Waals surface area (Å²) in [6.45, 7) is 2.27. The fourth-order valence-electron chi connectivity index (χ4n) is 2.36. The van der Waals surface area contributed by atoms with Crippen LogP contribution in [0.2, 0.25) is 10.0 Å². The highest BCUT2D eigenvalue weighted by molar-refractivity contribution is 7.92. The van der Waals surface area contributed by atoms with E-state index in [1.54, 1.807) is 0 Å². The summed E-state index contributed by atoms with van der Waals surface area (Å²) < 4.78 is 30.6. The largest absolute Gasteiger partial charge is 0.494 e. The molecule has 1 N–H and O–H groups in total. The molecule has 0 aliphatic carbocycles. The van der Waals surface area contributed by atoms with E-state index in [1.165, 1.54) is 18.2 Å². The van der Waals surface area contributed by atoms with E-state index in [9.17, 15) is 13.2 Å². The normalized spacial score (nSPS) is 11.1. The Bertz CT molecular complexity index is 919. The van der Waals surface area contributed by atoms with E-state index in [0.717, 1.165) is 16.1 Å². The van der Waals surface area contributed by atoms with Crippen molar-refractivity contribution in [3.8, 4) is 5.75 Å². The molecule has 1 amide bonds. The highest BCUT2D eigenvalue weighted by atomic mass is 35.5. The molecule has 0 aliphatic rings. The number of nitrogens with one attached hydrogen (secondary N) is 1. The van der Waals surface area contributed by atoms with Crippen molar-refractivity contribution in [2.24, 2.45) is 0 Å². The number of carbonyl (C=O) groups is 1. The third-order valence-corrected chi connectivity index (χ3v) is 5.23. The maximum atomic E-state index is 12.3. The molecule has 6 nitrogen and oxygen atoms in total. The summed E-state index contributed by atoms with van der Waals surface area (Å²) in [6, 6.07) is 11.7. The molecular weight excluding hydrogens is 411 g/mol. The molecule has 0 saturated carbocycles. The summed E-state index contributed by atoms with van der Waals surface area (Å²) in [6.07, 6.45) is 1.01. The van der Waals surface area contributed by atoms with Crippen LogP contribution in [0.4, 0.5) is 5.69 Å². The molecular formula is C18H20Cl2N2O4S. The van der Waals surface area contributed by atoms with Crippen molar-refractivity contribution >= 4 is 44.8 Å². The molecule has 0 spiro atoms. The molecule has 2 aromatic carbocycles. The smallest absolute Gasteiger partial charge is 0.241 e. The Balaban J connectivity index is 2.09. The first-order valence-electron chi connectivity index (χ1n) is 8.12. The molecule has 9 heteroatoms. The van der Waals surface area contributed by atoms with Crippen LogP contribution in [-0.2, 0) is 21.4 Å². The summed E-state index contributed by atoms with van der Waals surface area (Å²) in [5, 5.41) is 3.22. The van der Waals surface area contributed by atoms with Crippen molar-refractivity contribution in [3.05, 3.63) is 58.1 Å². The van der Waals surface area contributed by atoms with E-state index in [2.05, 4.69) is 5.32 Å². The van der Waals surface area contributed by atoms with Crippen molar-refractivity contribution in [2.75, 3.05) is 23.7 Å². The standard InChI is InChI=1S/C18H20Cl2N2O4S/c1-3-26-15-6-4-5-13(9-15)11-21-18(23)12-22(27(2,24)25)17-8-7-14(19)10-16(17)20/h4-10H,3,11-12H2,1-2H3,(H,21,23). The number of benzene rings is 2. The molecule has 0 atom stereocenters. The highest BCUT2D eigenvalue weighted by Crippen LogP contribution is 2.30. The molecule has 27 heavy (non-hydrogen) atoms. The topological polar surface area (TPSA) is 75.7 Å². The summed E-state index contributed by atoms with van der Waals surface area (Å²) in [7, 11) is -3.72. The quantitative estimate of drug-likeness (QED) is 0.695. The average Bonchev–Trinajstić information content (AvgIpc) is 2.58. The van der Waals surface area contributed by atoms with Crippen LogP contribution in [0.25, 0.3) is 0 Å². The molecule has 0 fully saturated rings. The predicted octanol–water partition coefficient (Wildman–Crippen LogP) is 3.47. The molecule has 0 aliphatic heterocycles. The Morgan fingerprint density at radius 1 is 1.19 bits per heavy atom. The lowest BCUT2D eigenvalue weighted by atomic mass is 10.2. The lowest BCUT2D eigenvalue weighted by molar-refractivity contribution is -0.119. The fraction of sp³-hybridized carbons (Fsp3) is 0.278. The number of rotatable bonds is 8. The first-order chi connectivity index (χ1) is 12.7. The molecule has 0 unspecified atom stereocenters. The number of amides is 1. The number of nitrogens with zero attached hydrogens (tertiary/aromatic N) is 1. The van der Waals surface area contributed by atoms with E-state index in [4.69, 9.17) is 27.9 Å². The maximum absolute atomic E-state index is 12.3. The molecule has 2 rings (SSSR count). The van der Waals surface area contributed by atoms with E-state index < -0.39 is 22.5 Å². The Hall–Kier alpha value is -1.96. The van der Waals surface area contributed by atoms with Crippen LogP contribution >= 0.6 is 23.2 Å². The van der Waals surface area contributed by atoms with Crippen LogP contribution in [0.5, 0.6) is 5.75 Å². The number of halogens is 2. The van der Waals surface area contributed by atoms with Crippen LogP contribution in [0.1, 0.15) is 12.5 Å². The van der Waals surface area contributed by atoms with Gasteiger partial charge in [0.2, 0.25) is 15.9 Å². The molecule has 0 aromatic heterocycles. The van der Waals surface area contributed by atoms with Gasteiger partial charge in [-0.3, -0.25) is 9.10 Å². The number of carbonyl (C=O) groups excluding carboxylic acids is 1. The van der Waals surface area contributed by atoms with Crippen molar-refractivity contribution < 1.29 is 17.9 Å². The second-order valence-electron chi connectivity index (χ2n) is 5.72. The Morgan fingerprint density at radius 3 is 2.56 bits per heavy atom. The minimum absolute atomic E-state index is 0.144. The second-order valence-corrected chi connectivity index (χ2v) is 8.47. The van der Waals surface area contributed by atoms with Gasteiger partial charge in [0.05, 0.1) is 23.6 Å². The van der Waals surface area contributed by atoms with Gasteiger partial charge in [-0.05, 0) is 42.8 Å². The lowest BCUT2D eigenvalue weighted by Crippen LogP contribution is -2.40. The zero-order valence-corrected chi connectivity index (χ0v) is 17.2. The summed E-state index contributed by atoms with van der Waals surface area (Å²) in [5.74, 6) is 0.239. The SMILES string of the molecule is CCOc1cccc(CNC(=O)CN(c2ccc(Cl)cc2Cl)S(C)(=O)=O)c1. The van der Waals surface area contributed by atoms with E-state index >= 15 is 0 Å². The third-order valence-electron chi connectivity index (χ3n) is 3.57. The Labute approximate surface area is 169 Å². The van der Waals surface area contributed by atoms with E-state index in [-0.39, 0.29) is 17.3 Å². The van der Waals surface area contributed by atoms with Crippen molar-refractivity contribution in [3.63, 3.8) is 0 Å². The van der Waals surface area contributed by atoms with Gasteiger partial charge in [0, 0.05) is 11.6 Å². The molecule has 0 bridgehead atoms. The average molecular weight is 431 g/mol. The lowest BCUT2D eigenvalue weighted by Gasteiger charge is -2.23. The second kappa shape index (κ2) is 9.30. The first-order valence-corrected chi connectivity index (χ1v) is 10.7. The molecule has 0 saturated heterocycles. The Kier molecular flexibility index (Phi) is 7.35. The number of sulfonamides is 1. The molecule has 0 heterocycles. The van der Waals surface area contributed by atoms with Gasteiger partial charge in [0.25, 0.3) is 0 Å². The van der Waals surface area contributed by atoms with Crippen molar-refractivity contribution in [1.82, 2.24) is 5.32 Å². The van der Waals surface area contributed by atoms with Gasteiger partial charge in [-0.15, -0.1) is 0 Å². The monoisotopic (exact) mass is 430 g/mol. The fourth-order valence-corrected chi connectivity index (χ4v) is 3.79. The van der Waals surface area contributed by atoms with Gasteiger partial charge >= 0.3 is 0 Å². The van der Waals surface area contributed by atoms with Gasteiger partial charge < -0.3 is 10.1 Å². The van der Waals surface area contributed by atoms with Gasteiger partial charge in [-0.1, -0.05) is 35.3 Å². The zero-order valence-electron chi connectivity index (χ0n) is 14.9. The number of ether oxygens (including phenoxy) is 1. The molecule has 0 radical (unpaired) electrons. The van der Waals surface area contributed by atoms with Gasteiger partial charge in [-0.25, -0.2) is 8.42 Å². The summed E-state index contributed by atoms with van der Waals surface area (Å²) in [4.78, 5) is 12.3. The minimum atomic E-state index is -3.72. The van der Waals surface area contributed by atoms with Gasteiger partial charge in [0.1, 0.15) is 12.3 Å². The predicted molar refractivity (Wildman–Crippen MR) is 108 cm³/mol. The third kappa shape index (κ3) is 6.30. The van der Waals surface area contributed by atoms with Crippen molar-refractivity contribution in [1.29, 1.82) is 0 Å². The van der Waals surface area contributed by atoms with Crippen LogP contribution in [-0.4, -0.2) is 33.7 Å². The van der Waals surface area contributed by atoms with E-state index in [1.807, 2.05) is 31.2 Å². The minimum Gasteiger partial charge on any atom is -0.494 e. The first kappa shape index (κ1) is 21.3. The Morgan fingerprint density at radius 2 is 1.93 bits per heavy atom. The van der Waals surface area contributed by atoms with Gasteiger partial charge in [0.15, 0.2) is 0 Å². The van der Waals surface area contributed by atoms with Gasteiger partial charge in [-0.2, -0.15) is 0 Å². The van der Waals surface area contributed by atoms with Crippen LogP contribution in [0.15, 0.2) is 42.5 Å². The van der Waals surface area contributed by atoms with Crippen LogP contribution in [0.3, 0.4) is 0 Å². The summed E-state index contributed by atoms with van der Waals surface area (Å²) in [5.41, 5.74) is 1.03. The van der Waals surface area contributed by atoms with E-state index in [0.29, 0.717) is 17.4 Å². The maximum Gasteiger partial charge on any atom is 0.241 e. The highest BCUT2D eigenvalue weighted by Gasteiger charge is 2.23. The number of hydrogen-bond donors (Lipinski definition) is 1. The van der Waals surface area contributed by atoms with Crippen molar-refractivity contribution in [2.45, 2.75) is 13.5 Å².